The van der Waals surface area contributed by atoms with Crippen molar-refractivity contribution in [1.29, 1.82) is 0 Å². The Balaban J connectivity index is 1.71. The number of methoxy groups -OCH3 is 1. The molecule has 6 heteroatoms. The first-order valence-electron chi connectivity index (χ1n) is 9.59. The van der Waals surface area contributed by atoms with Crippen molar-refractivity contribution < 1.29 is 4.74 Å². The van der Waals surface area contributed by atoms with Crippen LogP contribution in [-0.4, -0.2) is 33.5 Å². The van der Waals surface area contributed by atoms with Gasteiger partial charge >= 0.3 is 0 Å². The first kappa shape index (κ1) is 18.0. The molecule has 4 rings (SSSR count). The average Bonchev–Trinajstić information content (AvgIpc) is 2.99. The molecule has 1 atom stereocenters. The van der Waals surface area contributed by atoms with Crippen LogP contribution in [0.4, 0.5) is 0 Å². The third-order valence-corrected chi connectivity index (χ3v) is 6.54. The Bertz CT molecular complexity index is 789. The van der Waals surface area contributed by atoms with Crippen molar-refractivity contribution in [2.75, 3.05) is 7.11 Å². The lowest BCUT2D eigenvalue weighted by atomic mass is 9.77. The number of benzene rings is 1. The molecule has 2 heterocycles. The quantitative estimate of drug-likeness (QED) is 0.887. The van der Waals surface area contributed by atoms with E-state index < -0.39 is 0 Å². The lowest BCUT2D eigenvalue weighted by Crippen LogP contribution is -2.35. The normalized spacial score (nSPS) is 28.3. The molecule has 5 nitrogen and oxygen atoms in total. The van der Waals surface area contributed by atoms with Gasteiger partial charge in [-0.2, -0.15) is 0 Å². The minimum atomic E-state index is 0.0337. The fraction of sp³-hybridized carbons (Fsp3) is 0.600. The highest BCUT2D eigenvalue weighted by atomic mass is 35.5. The van der Waals surface area contributed by atoms with Crippen molar-refractivity contribution in [3.8, 4) is 5.69 Å². The lowest BCUT2D eigenvalue weighted by Gasteiger charge is -2.38. The van der Waals surface area contributed by atoms with E-state index in [0.717, 1.165) is 67.3 Å². The second-order valence-corrected chi connectivity index (χ2v) is 8.20. The molecule has 1 aromatic carbocycles. The number of aromatic nitrogens is 3. The minimum Gasteiger partial charge on any atom is -0.378 e. The van der Waals surface area contributed by atoms with E-state index in [1.807, 2.05) is 19.2 Å². The molecule has 2 N–H and O–H groups in total. The van der Waals surface area contributed by atoms with Gasteiger partial charge in [0.25, 0.3) is 0 Å². The molecule has 2 aromatic rings. The summed E-state index contributed by atoms with van der Waals surface area (Å²) in [5.74, 6) is 2.44. The van der Waals surface area contributed by atoms with Crippen LogP contribution in [0.2, 0.25) is 5.02 Å². The molecule has 0 bridgehead atoms. The highest BCUT2D eigenvalue weighted by Gasteiger charge is 2.37. The van der Waals surface area contributed by atoms with Crippen LogP contribution < -0.4 is 5.73 Å². The van der Waals surface area contributed by atoms with E-state index in [2.05, 4.69) is 27.8 Å². The SMILES string of the molecule is CCC1(OC)CCC(c2nnc3n2-c2ccc(Cl)cc2CC(N)C3)CC1. The third kappa shape index (κ3) is 3.06. The molecule has 1 aliphatic heterocycles. The Morgan fingerprint density at radius 3 is 2.73 bits per heavy atom. The third-order valence-electron chi connectivity index (χ3n) is 6.30. The summed E-state index contributed by atoms with van der Waals surface area (Å²) in [6.45, 7) is 2.22. The molecule has 0 spiro atoms. The van der Waals surface area contributed by atoms with Gasteiger partial charge < -0.3 is 10.5 Å². The van der Waals surface area contributed by atoms with Crippen molar-refractivity contribution in [3.05, 3.63) is 40.4 Å². The zero-order valence-corrected chi connectivity index (χ0v) is 16.3. The lowest BCUT2D eigenvalue weighted by molar-refractivity contribution is -0.0460. The number of rotatable bonds is 3. The fourth-order valence-electron chi connectivity index (χ4n) is 4.62. The zero-order chi connectivity index (χ0) is 18.3. The number of hydrogen-bond donors (Lipinski definition) is 1. The zero-order valence-electron chi connectivity index (χ0n) is 15.5. The first-order valence-corrected chi connectivity index (χ1v) is 9.97. The van der Waals surface area contributed by atoms with Gasteiger partial charge in [0.1, 0.15) is 11.6 Å². The van der Waals surface area contributed by atoms with Gasteiger partial charge in [-0.05, 0) is 62.3 Å². The van der Waals surface area contributed by atoms with Crippen molar-refractivity contribution >= 4 is 11.6 Å². The van der Waals surface area contributed by atoms with E-state index in [-0.39, 0.29) is 11.6 Å². The number of fused-ring (bicyclic) bond motifs is 3. The molecule has 140 valence electrons. The van der Waals surface area contributed by atoms with Crippen LogP contribution in [0, 0.1) is 0 Å². The Labute approximate surface area is 159 Å². The molecule has 1 aromatic heterocycles. The number of nitrogens with two attached hydrogens (primary N) is 1. The maximum atomic E-state index is 6.33. The average molecular weight is 375 g/mol. The van der Waals surface area contributed by atoms with E-state index >= 15 is 0 Å². The highest BCUT2D eigenvalue weighted by Crippen LogP contribution is 2.42. The molecule has 1 saturated carbocycles. The Morgan fingerprint density at radius 1 is 1.27 bits per heavy atom. The van der Waals surface area contributed by atoms with Crippen LogP contribution in [-0.2, 0) is 17.6 Å². The van der Waals surface area contributed by atoms with Crippen molar-refractivity contribution in [2.45, 2.75) is 69.4 Å². The number of ether oxygens (including phenoxy) is 1. The van der Waals surface area contributed by atoms with Gasteiger partial charge in [-0.3, -0.25) is 4.57 Å². The number of nitrogens with zero attached hydrogens (tertiary/aromatic N) is 3. The van der Waals surface area contributed by atoms with Gasteiger partial charge in [-0.25, -0.2) is 0 Å². The van der Waals surface area contributed by atoms with Crippen LogP contribution in [0.5, 0.6) is 0 Å². The van der Waals surface area contributed by atoms with Crippen molar-refractivity contribution in [3.63, 3.8) is 0 Å². The monoisotopic (exact) mass is 374 g/mol. The molecule has 1 aliphatic carbocycles. The Morgan fingerprint density at radius 2 is 2.04 bits per heavy atom. The first-order chi connectivity index (χ1) is 12.5. The van der Waals surface area contributed by atoms with Crippen LogP contribution in [0.25, 0.3) is 5.69 Å². The summed E-state index contributed by atoms with van der Waals surface area (Å²) < 4.78 is 8.08. The number of hydrogen-bond acceptors (Lipinski definition) is 4. The second kappa shape index (κ2) is 6.95. The molecule has 2 aliphatic rings. The van der Waals surface area contributed by atoms with Crippen LogP contribution in [0.3, 0.4) is 0 Å². The summed E-state index contributed by atoms with van der Waals surface area (Å²) in [4.78, 5) is 0. The topological polar surface area (TPSA) is 66.0 Å². The van der Waals surface area contributed by atoms with E-state index in [4.69, 9.17) is 22.1 Å². The molecular weight excluding hydrogens is 348 g/mol. The van der Waals surface area contributed by atoms with E-state index in [0.29, 0.717) is 5.92 Å². The van der Waals surface area contributed by atoms with Crippen LogP contribution in [0.1, 0.15) is 62.2 Å². The largest absolute Gasteiger partial charge is 0.378 e. The van der Waals surface area contributed by atoms with Gasteiger partial charge in [-0.15, -0.1) is 10.2 Å². The maximum absolute atomic E-state index is 6.33. The van der Waals surface area contributed by atoms with E-state index in [9.17, 15) is 0 Å². The van der Waals surface area contributed by atoms with Crippen LogP contribution in [0.15, 0.2) is 18.2 Å². The van der Waals surface area contributed by atoms with Crippen molar-refractivity contribution in [1.82, 2.24) is 14.8 Å². The molecule has 0 radical (unpaired) electrons. The molecule has 1 unspecified atom stereocenters. The standard InChI is InChI=1S/C20H27ClN4O/c1-3-20(26-2)8-6-13(7-9-20)19-24-23-18-12-16(22)11-14-10-15(21)4-5-17(14)25(18)19/h4-5,10,13,16H,3,6-9,11-12,22H2,1-2H3. The summed E-state index contributed by atoms with van der Waals surface area (Å²) >= 11 is 6.24. The summed E-state index contributed by atoms with van der Waals surface area (Å²) in [5, 5.41) is 9.86. The molecular formula is C20H27ClN4O. The fourth-order valence-corrected chi connectivity index (χ4v) is 4.81. The molecule has 26 heavy (non-hydrogen) atoms. The van der Waals surface area contributed by atoms with Gasteiger partial charge in [0.15, 0.2) is 0 Å². The highest BCUT2D eigenvalue weighted by molar-refractivity contribution is 6.30. The maximum Gasteiger partial charge on any atom is 0.140 e. The summed E-state index contributed by atoms with van der Waals surface area (Å²) in [7, 11) is 1.84. The molecule has 0 amide bonds. The van der Waals surface area contributed by atoms with Gasteiger partial charge in [0.2, 0.25) is 0 Å². The summed E-state index contributed by atoms with van der Waals surface area (Å²) in [5.41, 5.74) is 8.68. The predicted octanol–water partition coefficient (Wildman–Crippen LogP) is 3.80. The van der Waals surface area contributed by atoms with Gasteiger partial charge in [0.05, 0.1) is 11.3 Å². The Kier molecular flexibility index (Phi) is 4.80. The van der Waals surface area contributed by atoms with E-state index in [1.165, 1.54) is 5.56 Å². The summed E-state index contributed by atoms with van der Waals surface area (Å²) in [6, 6.07) is 6.10. The second-order valence-electron chi connectivity index (χ2n) is 7.77. The Hall–Kier alpha value is -1.43. The van der Waals surface area contributed by atoms with Crippen molar-refractivity contribution in [2.24, 2.45) is 5.73 Å². The predicted molar refractivity (Wildman–Crippen MR) is 103 cm³/mol. The van der Waals surface area contributed by atoms with Crippen LogP contribution >= 0.6 is 11.6 Å². The number of halogens is 1. The summed E-state index contributed by atoms with van der Waals surface area (Å²) in [6.07, 6.45) is 6.91. The van der Waals surface area contributed by atoms with Gasteiger partial charge in [0, 0.05) is 30.5 Å². The molecule has 0 saturated heterocycles. The minimum absolute atomic E-state index is 0.0337. The van der Waals surface area contributed by atoms with E-state index in [1.54, 1.807) is 0 Å². The molecule has 1 fully saturated rings. The van der Waals surface area contributed by atoms with Gasteiger partial charge in [-0.1, -0.05) is 18.5 Å². The smallest absolute Gasteiger partial charge is 0.140 e.